The number of benzene rings is 1. The van der Waals surface area contributed by atoms with Gasteiger partial charge in [0.15, 0.2) is 0 Å². The van der Waals surface area contributed by atoms with E-state index in [1.54, 1.807) is 0 Å². The zero-order valence-corrected chi connectivity index (χ0v) is 12.5. The lowest BCUT2D eigenvalue weighted by molar-refractivity contribution is -0.165. The third-order valence-corrected chi connectivity index (χ3v) is 4.63. The van der Waals surface area contributed by atoms with Gasteiger partial charge >= 0.3 is 5.97 Å². The molecule has 1 atom stereocenters. The molecule has 1 unspecified atom stereocenters. The average Bonchev–Trinajstić information content (AvgIpc) is 2.44. The maximum absolute atomic E-state index is 10.6. The average molecular weight is 289 g/mol. The van der Waals surface area contributed by atoms with Crippen molar-refractivity contribution >= 4 is 5.97 Å². The summed E-state index contributed by atoms with van der Waals surface area (Å²) in [5, 5.41) is 8.69. The predicted molar refractivity (Wildman–Crippen MR) is 80.6 cm³/mol. The van der Waals surface area contributed by atoms with E-state index in [0.29, 0.717) is 5.92 Å². The van der Waals surface area contributed by atoms with Gasteiger partial charge in [-0.3, -0.25) is 4.90 Å². The maximum Gasteiger partial charge on any atom is 0.329 e. The fraction of sp³-hybridized carbons (Fsp3) is 0.588. The summed E-state index contributed by atoms with van der Waals surface area (Å²) in [7, 11) is 0. The highest BCUT2D eigenvalue weighted by Gasteiger charge is 2.41. The zero-order chi connectivity index (χ0) is 14.9. The van der Waals surface area contributed by atoms with Gasteiger partial charge in [-0.2, -0.15) is 0 Å². The first-order valence-corrected chi connectivity index (χ1v) is 7.72. The van der Waals surface area contributed by atoms with E-state index in [-0.39, 0.29) is 12.2 Å². The smallest absolute Gasteiger partial charge is 0.329 e. The molecule has 1 fully saturated rings. The number of rotatable bonds is 5. The standard InChI is InChI=1S/C17H23NO3/c1-17(21-10-16(19)20)11-18(12-17)9-14-7-4-6-13-5-2-3-8-15(13)14/h2-3,5,8,14H,4,6-7,9-12H2,1H3,(H,19,20). The number of hydrogen-bond donors (Lipinski definition) is 1. The number of carboxylic acids is 1. The molecule has 114 valence electrons. The lowest BCUT2D eigenvalue weighted by Crippen LogP contribution is -2.62. The van der Waals surface area contributed by atoms with Gasteiger partial charge in [0.05, 0.1) is 5.60 Å². The van der Waals surface area contributed by atoms with Crippen molar-refractivity contribution in [2.75, 3.05) is 26.2 Å². The number of aliphatic carboxylic acids is 1. The molecule has 4 nitrogen and oxygen atoms in total. The number of carbonyl (C=O) groups is 1. The number of ether oxygens (including phenoxy) is 1. The number of carboxylic acid groups (broad SMARTS) is 1. The summed E-state index contributed by atoms with van der Waals surface area (Å²) in [4.78, 5) is 13.0. The van der Waals surface area contributed by atoms with Crippen LogP contribution in [0.5, 0.6) is 0 Å². The molecule has 0 bridgehead atoms. The van der Waals surface area contributed by atoms with Gasteiger partial charge in [-0.05, 0) is 43.2 Å². The van der Waals surface area contributed by atoms with Crippen LogP contribution in [0.1, 0.15) is 36.8 Å². The Hall–Kier alpha value is -1.39. The molecule has 0 aromatic heterocycles. The summed E-state index contributed by atoms with van der Waals surface area (Å²) >= 11 is 0. The molecule has 1 N–H and O–H groups in total. The van der Waals surface area contributed by atoms with Crippen molar-refractivity contribution < 1.29 is 14.6 Å². The lowest BCUT2D eigenvalue weighted by atomic mass is 9.81. The van der Waals surface area contributed by atoms with E-state index in [2.05, 4.69) is 29.2 Å². The second kappa shape index (κ2) is 5.78. The van der Waals surface area contributed by atoms with Gasteiger partial charge in [-0.25, -0.2) is 4.79 Å². The zero-order valence-electron chi connectivity index (χ0n) is 12.5. The first-order valence-electron chi connectivity index (χ1n) is 7.72. The van der Waals surface area contributed by atoms with E-state index in [0.717, 1.165) is 19.6 Å². The van der Waals surface area contributed by atoms with Gasteiger partial charge in [0.2, 0.25) is 0 Å². The fourth-order valence-corrected chi connectivity index (χ4v) is 3.71. The van der Waals surface area contributed by atoms with Crippen LogP contribution < -0.4 is 0 Å². The molecule has 2 aliphatic rings. The van der Waals surface area contributed by atoms with E-state index in [1.807, 2.05) is 6.92 Å². The quantitative estimate of drug-likeness (QED) is 0.903. The number of likely N-dealkylation sites (tertiary alicyclic amines) is 1. The highest BCUT2D eigenvalue weighted by Crippen LogP contribution is 2.34. The van der Waals surface area contributed by atoms with Crippen LogP contribution in [0.3, 0.4) is 0 Å². The highest BCUT2D eigenvalue weighted by atomic mass is 16.5. The van der Waals surface area contributed by atoms with Crippen molar-refractivity contribution in [3.63, 3.8) is 0 Å². The predicted octanol–water partition coefficient (Wildman–Crippen LogP) is 2.28. The Morgan fingerprint density at radius 1 is 1.43 bits per heavy atom. The lowest BCUT2D eigenvalue weighted by Gasteiger charge is -2.49. The van der Waals surface area contributed by atoms with Gasteiger partial charge in [-0.15, -0.1) is 0 Å². The van der Waals surface area contributed by atoms with Gasteiger partial charge in [0.25, 0.3) is 0 Å². The van der Waals surface area contributed by atoms with Crippen LogP contribution in [0.4, 0.5) is 0 Å². The summed E-state index contributed by atoms with van der Waals surface area (Å²) < 4.78 is 5.47. The van der Waals surface area contributed by atoms with Crippen molar-refractivity contribution in [3.05, 3.63) is 35.4 Å². The normalized spacial score (nSPS) is 24.1. The first-order chi connectivity index (χ1) is 10.1. The van der Waals surface area contributed by atoms with Crippen molar-refractivity contribution in [2.45, 2.75) is 37.7 Å². The van der Waals surface area contributed by atoms with Crippen LogP contribution in [0.15, 0.2) is 24.3 Å². The van der Waals surface area contributed by atoms with Crippen LogP contribution in [-0.2, 0) is 16.0 Å². The largest absolute Gasteiger partial charge is 0.480 e. The van der Waals surface area contributed by atoms with Gasteiger partial charge in [0.1, 0.15) is 6.61 Å². The van der Waals surface area contributed by atoms with Gasteiger partial charge in [-0.1, -0.05) is 24.3 Å². The summed E-state index contributed by atoms with van der Waals surface area (Å²) in [5.74, 6) is -0.283. The Kier molecular flexibility index (Phi) is 4.00. The van der Waals surface area contributed by atoms with Crippen LogP contribution in [0.2, 0.25) is 0 Å². The molecule has 0 saturated carbocycles. The molecular weight excluding hydrogens is 266 g/mol. The Bertz CT molecular complexity index is 523. The minimum Gasteiger partial charge on any atom is -0.480 e. The molecule has 1 heterocycles. The van der Waals surface area contributed by atoms with Crippen molar-refractivity contribution in [1.29, 1.82) is 0 Å². The highest BCUT2D eigenvalue weighted by molar-refractivity contribution is 5.68. The molecule has 3 rings (SSSR count). The topological polar surface area (TPSA) is 49.8 Å². The maximum atomic E-state index is 10.6. The molecular formula is C17H23NO3. The van der Waals surface area contributed by atoms with E-state index < -0.39 is 5.97 Å². The summed E-state index contributed by atoms with van der Waals surface area (Å²) in [6.45, 7) is 4.53. The van der Waals surface area contributed by atoms with E-state index in [1.165, 1.54) is 30.4 Å². The molecule has 0 radical (unpaired) electrons. The number of hydrogen-bond acceptors (Lipinski definition) is 3. The van der Waals surface area contributed by atoms with Crippen molar-refractivity contribution in [1.82, 2.24) is 4.90 Å². The molecule has 1 aromatic carbocycles. The molecule has 1 saturated heterocycles. The third kappa shape index (κ3) is 3.27. The Morgan fingerprint density at radius 2 is 2.19 bits per heavy atom. The van der Waals surface area contributed by atoms with Crippen LogP contribution in [0.25, 0.3) is 0 Å². The summed E-state index contributed by atoms with van der Waals surface area (Å²) in [6, 6.07) is 8.77. The minimum absolute atomic E-state index is 0.198. The van der Waals surface area contributed by atoms with Crippen molar-refractivity contribution in [3.8, 4) is 0 Å². The molecule has 1 aromatic rings. The molecule has 0 amide bonds. The van der Waals surface area contributed by atoms with Crippen molar-refractivity contribution in [2.24, 2.45) is 0 Å². The molecule has 21 heavy (non-hydrogen) atoms. The Balaban J connectivity index is 1.55. The number of fused-ring (bicyclic) bond motifs is 1. The number of nitrogens with zero attached hydrogens (tertiary/aromatic N) is 1. The SMILES string of the molecule is CC1(OCC(=O)O)CN(CC2CCCc3ccccc32)C1. The Morgan fingerprint density at radius 3 is 2.95 bits per heavy atom. The number of aryl methyl sites for hydroxylation is 1. The summed E-state index contributed by atoms with van der Waals surface area (Å²) in [5.41, 5.74) is 2.72. The second-order valence-electron chi connectivity index (χ2n) is 6.59. The van der Waals surface area contributed by atoms with Gasteiger partial charge in [0, 0.05) is 19.6 Å². The van der Waals surface area contributed by atoms with Crippen LogP contribution >= 0.6 is 0 Å². The third-order valence-electron chi connectivity index (χ3n) is 4.63. The first kappa shape index (κ1) is 14.5. The Labute approximate surface area is 125 Å². The van der Waals surface area contributed by atoms with E-state index in [9.17, 15) is 4.79 Å². The summed E-state index contributed by atoms with van der Waals surface area (Å²) in [6.07, 6.45) is 3.72. The van der Waals surface area contributed by atoms with Gasteiger partial charge < -0.3 is 9.84 Å². The fourth-order valence-electron chi connectivity index (χ4n) is 3.71. The molecule has 4 heteroatoms. The molecule has 0 spiro atoms. The minimum atomic E-state index is -0.893. The molecule has 1 aliphatic carbocycles. The second-order valence-corrected chi connectivity index (χ2v) is 6.59. The monoisotopic (exact) mass is 289 g/mol. The van der Waals surface area contributed by atoms with Crippen LogP contribution in [0, 0.1) is 0 Å². The van der Waals surface area contributed by atoms with E-state index >= 15 is 0 Å². The van der Waals surface area contributed by atoms with E-state index in [4.69, 9.17) is 9.84 Å². The van der Waals surface area contributed by atoms with Crippen LogP contribution in [-0.4, -0.2) is 47.8 Å². The molecule has 1 aliphatic heterocycles.